The monoisotopic (exact) mass is 458 g/mol. The van der Waals surface area contributed by atoms with E-state index in [-0.39, 0.29) is 5.75 Å². The fraction of sp³-hybridized carbons (Fsp3) is 0.423. The second-order valence-corrected chi connectivity index (χ2v) is 9.23. The molecule has 0 radical (unpaired) electrons. The van der Waals surface area contributed by atoms with Gasteiger partial charge >= 0.3 is 5.97 Å². The zero-order valence-electron chi connectivity index (χ0n) is 19.6. The fourth-order valence-corrected chi connectivity index (χ4v) is 4.03. The van der Waals surface area contributed by atoms with E-state index in [1.807, 2.05) is 13.0 Å². The maximum absolute atomic E-state index is 12.5. The van der Waals surface area contributed by atoms with Gasteiger partial charge in [0.2, 0.25) is 0 Å². The number of hydrogen-bond donors (Lipinski definition) is 2. The first-order valence-corrected chi connectivity index (χ1v) is 11.3. The van der Waals surface area contributed by atoms with E-state index in [1.54, 1.807) is 13.8 Å². The van der Waals surface area contributed by atoms with Gasteiger partial charge in [0.05, 0.1) is 12.0 Å². The van der Waals surface area contributed by atoms with Gasteiger partial charge in [-0.15, -0.1) is 0 Å². The van der Waals surface area contributed by atoms with Gasteiger partial charge in [0.1, 0.15) is 17.4 Å². The molecule has 3 aromatic rings. The number of halogens is 2. The van der Waals surface area contributed by atoms with Crippen LogP contribution < -0.4 is 4.74 Å². The number of fused-ring (bicyclic) bond motifs is 3. The average Bonchev–Trinajstić information content (AvgIpc) is 3.09. The Morgan fingerprint density at radius 1 is 1.21 bits per heavy atom. The van der Waals surface area contributed by atoms with E-state index in [2.05, 4.69) is 35.0 Å². The zero-order chi connectivity index (χ0) is 24.2. The maximum atomic E-state index is 12.5. The van der Waals surface area contributed by atoms with Crippen molar-refractivity contribution in [3.05, 3.63) is 65.4 Å². The van der Waals surface area contributed by atoms with Gasteiger partial charge in [0, 0.05) is 53.9 Å². The number of nitrogens with one attached hydrogen (secondary N) is 1. The van der Waals surface area contributed by atoms with Gasteiger partial charge in [0.15, 0.2) is 0 Å². The number of benzene rings is 2. The molecule has 33 heavy (non-hydrogen) atoms. The number of para-hydroxylation sites is 1. The van der Waals surface area contributed by atoms with Gasteiger partial charge < -0.3 is 14.8 Å². The average molecular weight is 459 g/mol. The van der Waals surface area contributed by atoms with Crippen molar-refractivity contribution >= 4 is 16.9 Å². The second kappa shape index (κ2) is 10.3. The van der Waals surface area contributed by atoms with Gasteiger partial charge in [-0.1, -0.05) is 25.1 Å². The van der Waals surface area contributed by atoms with E-state index >= 15 is 0 Å². The molecule has 2 aromatic carbocycles. The van der Waals surface area contributed by atoms with Crippen LogP contribution in [0.1, 0.15) is 45.4 Å². The predicted octanol–water partition coefficient (Wildman–Crippen LogP) is 5.78. The van der Waals surface area contributed by atoms with Gasteiger partial charge in [-0.05, 0) is 45.2 Å². The molecule has 5 nitrogen and oxygen atoms in total. The summed E-state index contributed by atoms with van der Waals surface area (Å²) >= 11 is 0. The first kappa shape index (κ1) is 24.7. The Morgan fingerprint density at radius 3 is 2.52 bits per heavy atom. The summed E-state index contributed by atoms with van der Waals surface area (Å²) in [6, 6.07) is 11.9. The molecule has 178 valence electrons. The standard InChI is InChI=1S/C17H22N2O2.C9H10F2O/c1-11-8-13-12-6-4-5-7-14(12)18-15(13)9-19(11)10-17(2,3)16(20)21;1-2-3-12-9-5-7(10)4-8(11)6-9/h4-7,11,18H,8-10H2,1-3H3,(H,20,21);4-6H,2-3H2,1H3/t11-;/m1./s1. The van der Waals surface area contributed by atoms with E-state index in [0.29, 0.717) is 19.2 Å². The SMILES string of the molecule is CCCOc1cc(F)cc(F)c1.C[C@@H]1Cc2c([nH]c3ccccc23)CN1CC(C)(C)C(=O)O. The summed E-state index contributed by atoms with van der Waals surface area (Å²) in [4.78, 5) is 17.1. The molecule has 0 spiro atoms. The summed E-state index contributed by atoms with van der Waals surface area (Å²) in [5, 5.41) is 10.6. The highest BCUT2D eigenvalue weighted by Gasteiger charge is 2.34. The van der Waals surface area contributed by atoms with Crippen LogP contribution in [0, 0.1) is 17.0 Å². The van der Waals surface area contributed by atoms with Crippen LogP contribution in [0.2, 0.25) is 0 Å². The molecule has 1 aliphatic heterocycles. The van der Waals surface area contributed by atoms with Crippen molar-refractivity contribution in [2.75, 3.05) is 13.2 Å². The molecule has 7 heteroatoms. The molecule has 0 fully saturated rings. The number of H-pyrrole nitrogens is 1. The molecule has 1 atom stereocenters. The third-order valence-electron chi connectivity index (χ3n) is 5.87. The number of carbonyl (C=O) groups is 1. The van der Waals surface area contributed by atoms with E-state index in [1.165, 1.54) is 34.3 Å². The summed E-state index contributed by atoms with van der Waals surface area (Å²) in [6.07, 6.45) is 1.78. The van der Waals surface area contributed by atoms with Gasteiger partial charge in [0.25, 0.3) is 0 Å². The fourth-order valence-electron chi connectivity index (χ4n) is 4.03. The van der Waals surface area contributed by atoms with Crippen LogP contribution in [0.15, 0.2) is 42.5 Å². The predicted molar refractivity (Wildman–Crippen MR) is 125 cm³/mol. The van der Waals surface area contributed by atoms with Crippen LogP contribution >= 0.6 is 0 Å². The van der Waals surface area contributed by atoms with Crippen molar-refractivity contribution < 1.29 is 23.4 Å². The lowest BCUT2D eigenvalue weighted by atomic mass is 9.90. The van der Waals surface area contributed by atoms with Crippen molar-refractivity contribution in [1.29, 1.82) is 0 Å². The number of aliphatic carboxylic acids is 1. The highest BCUT2D eigenvalue weighted by molar-refractivity contribution is 5.85. The molecule has 0 bridgehead atoms. The summed E-state index contributed by atoms with van der Waals surface area (Å²) in [5.74, 6) is -1.71. The summed E-state index contributed by atoms with van der Waals surface area (Å²) in [7, 11) is 0. The number of carboxylic acid groups (broad SMARTS) is 1. The Kier molecular flexibility index (Phi) is 7.74. The van der Waals surface area contributed by atoms with Crippen molar-refractivity contribution in [2.24, 2.45) is 5.41 Å². The summed E-state index contributed by atoms with van der Waals surface area (Å²) in [6.45, 7) is 9.53. The van der Waals surface area contributed by atoms with E-state index in [4.69, 9.17) is 4.74 Å². The number of aromatic amines is 1. The molecule has 0 unspecified atom stereocenters. The summed E-state index contributed by atoms with van der Waals surface area (Å²) in [5.41, 5.74) is 3.07. The second-order valence-electron chi connectivity index (χ2n) is 9.23. The molecule has 1 aromatic heterocycles. The Bertz CT molecular complexity index is 1090. The third-order valence-corrected chi connectivity index (χ3v) is 5.87. The number of ether oxygens (including phenoxy) is 1. The van der Waals surface area contributed by atoms with Crippen LogP contribution in [0.4, 0.5) is 8.78 Å². The van der Waals surface area contributed by atoms with Crippen LogP contribution in [-0.4, -0.2) is 40.2 Å². The smallest absolute Gasteiger partial charge is 0.310 e. The van der Waals surface area contributed by atoms with Gasteiger partial charge in [-0.25, -0.2) is 8.78 Å². The van der Waals surface area contributed by atoms with Crippen LogP contribution in [0.5, 0.6) is 5.75 Å². The molecule has 0 saturated heterocycles. The molecule has 2 N–H and O–H groups in total. The Morgan fingerprint density at radius 2 is 1.88 bits per heavy atom. The van der Waals surface area contributed by atoms with Crippen molar-refractivity contribution in [1.82, 2.24) is 9.88 Å². The Balaban J connectivity index is 0.000000218. The van der Waals surface area contributed by atoms with E-state index < -0.39 is 23.0 Å². The molecular weight excluding hydrogens is 426 g/mol. The molecule has 1 aliphatic rings. The first-order chi connectivity index (χ1) is 15.6. The number of rotatable bonds is 6. The molecule has 0 amide bonds. The normalized spacial score (nSPS) is 16.1. The Hall–Kier alpha value is -2.93. The summed E-state index contributed by atoms with van der Waals surface area (Å²) < 4.78 is 30.1. The van der Waals surface area contributed by atoms with E-state index in [9.17, 15) is 18.7 Å². The Labute approximate surface area is 193 Å². The topological polar surface area (TPSA) is 65.6 Å². The highest BCUT2D eigenvalue weighted by Crippen LogP contribution is 2.32. The van der Waals surface area contributed by atoms with Crippen LogP contribution in [0.3, 0.4) is 0 Å². The van der Waals surface area contributed by atoms with Crippen molar-refractivity contribution in [3.8, 4) is 5.75 Å². The molecular formula is C26H32F2N2O3. The van der Waals surface area contributed by atoms with Crippen molar-refractivity contribution in [3.63, 3.8) is 0 Å². The lowest BCUT2D eigenvalue weighted by molar-refractivity contribution is -0.148. The minimum atomic E-state index is -0.739. The zero-order valence-corrected chi connectivity index (χ0v) is 19.6. The number of nitrogens with zero attached hydrogens (tertiary/aromatic N) is 1. The third kappa shape index (κ3) is 6.11. The molecule has 0 aliphatic carbocycles. The minimum absolute atomic E-state index is 0.245. The quantitative estimate of drug-likeness (QED) is 0.492. The first-order valence-electron chi connectivity index (χ1n) is 11.3. The molecule has 2 heterocycles. The van der Waals surface area contributed by atoms with Crippen LogP contribution in [0.25, 0.3) is 10.9 Å². The van der Waals surface area contributed by atoms with E-state index in [0.717, 1.165) is 25.5 Å². The molecule has 4 rings (SSSR count). The van der Waals surface area contributed by atoms with Gasteiger partial charge in [-0.3, -0.25) is 9.69 Å². The van der Waals surface area contributed by atoms with Crippen LogP contribution in [-0.2, 0) is 17.8 Å². The number of aromatic nitrogens is 1. The maximum Gasteiger partial charge on any atom is 0.310 e. The minimum Gasteiger partial charge on any atom is -0.493 e. The highest BCUT2D eigenvalue weighted by atomic mass is 19.1. The largest absolute Gasteiger partial charge is 0.493 e. The molecule has 0 saturated carbocycles. The number of carboxylic acids is 1. The number of hydrogen-bond acceptors (Lipinski definition) is 3. The lowest BCUT2D eigenvalue weighted by Crippen LogP contribution is -2.45. The lowest BCUT2D eigenvalue weighted by Gasteiger charge is -2.37. The van der Waals surface area contributed by atoms with Crippen molar-refractivity contribution in [2.45, 2.75) is 53.1 Å². The van der Waals surface area contributed by atoms with Gasteiger partial charge in [-0.2, -0.15) is 0 Å².